The van der Waals surface area contributed by atoms with E-state index in [9.17, 15) is 9.59 Å². The molecule has 0 spiro atoms. The van der Waals surface area contributed by atoms with Gasteiger partial charge in [-0.05, 0) is 24.8 Å². The third kappa shape index (κ3) is 3.35. The number of H-pyrrole nitrogens is 1. The van der Waals surface area contributed by atoms with Crippen LogP contribution in [-0.4, -0.2) is 22.8 Å². The van der Waals surface area contributed by atoms with Crippen LogP contribution in [0.25, 0.3) is 0 Å². The molecule has 4 nitrogen and oxygen atoms in total. The van der Waals surface area contributed by atoms with Gasteiger partial charge in [0, 0.05) is 24.2 Å². The van der Waals surface area contributed by atoms with Crippen molar-refractivity contribution in [3.63, 3.8) is 0 Å². The van der Waals surface area contributed by atoms with Crippen LogP contribution in [-0.2, 0) is 0 Å². The summed E-state index contributed by atoms with van der Waals surface area (Å²) < 4.78 is 0. The number of hydrogen-bond acceptors (Lipinski definition) is 2. The number of alkyl halides is 1. The zero-order valence-electron chi connectivity index (χ0n) is 10.1. The Morgan fingerprint density at radius 2 is 2.17 bits per heavy atom. The van der Waals surface area contributed by atoms with Gasteiger partial charge in [0.25, 0.3) is 5.91 Å². The summed E-state index contributed by atoms with van der Waals surface area (Å²) in [4.78, 5) is 25.2. The molecule has 2 rings (SSSR count). The van der Waals surface area contributed by atoms with E-state index in [1.807, 2.05) is 0 Å². The smallest absolute Gasteiger partial charge is 0.252 e. The molecule has 0 bridgehead atoms. The number of aromatic amines is 1. The second kappa shape index (κ2) is 6.05. The van der Waals surface area contributed by atoms with Crippen LogP contribution in [0.1, 0.15) is 36.0 Å². The Morgan fingerprint density at radius 3 is 2.83 bits per heavy atom. The second-order valence-electron chi connectivity index (χ2n) is 4.71. The topological polar surface area (TPSA) is 62.0 Å². The van der Waals surface area contributed by atoms with E-state index in [-0.39, 0.29) is 16.8 Å². The van der Waals surface area contributed by atoms with Crippen LogP contribution in [0, 0.1) is 5.92 Å². The lowest BCUT2D eigenvalue weighted by Crippen LogP contribution is -2.34. The van der Waals surface area contributed by atoms with E-state index in [4.69, 9.17) is 11.6 Å². The van der Waals surface area contributed by atoms with Crippen molar-refractivity contribution in [2.45, 2.75) is 31.1 Å². The zero-order valence-corrected chi connectivity index (χ0v) is 10.9. The highest BCUT2D eigenvalue weighted by Crippen LogP contribution is 2.27. The summed E-state index contributed by atoms with van der Waals surface area (Å²) in [5, 5.41) is 3.03. The molecule has 1 aromatic rings. The molecule has 1 heterocycles. The van der Waals surface area contributed by atoms with Gasteiger partial charge in [-0.25, -0.2) is 0 Å². The largest absolute Gasteiger partial charge is 0.352 e. The Hall–Kier alpha value is -1.29. The Bertz CT molecular complexity index is 452. The molecule has 0 aliphatic heterocycles. The van der Waals surface area contributed by atoms with Gasteiger partial charge in [0.15, 0.2) is 0 Å². The van der Waals surface area contributed by atoms with Gasteiger partial charge in [0.1, 0.15) is 0 Å². The summed E-state index contributed by atoms with van der Waals surface area (Å²) in [6.07, 6.45) is 5.89. The van der Waals surface area contributed by atoms with Crippen LogP contribution in [0.15, 0.2) is 23.1 Å². The van der Waals surface area contributed by atoms with Crippen LogP contribution in [0.5, 0.6) is 0 Å². The molecule has 2 N–H and O–H groups in total. The molecule has 0 aromatic carbocycles. The summed E-state index contributed by atoms with van der Waals surface area (Å²) >= 11 is 6.23. The number of rotatable bonds is 3. The first kappa shape index (κ1) is 13.1. The first-order valence-electron chi connectivity index (χ1n) is 6.28. The number of carbonyl (C=O) groups excluding carboxylic acids is 1. The van der Waals surface area contributed by atoms with Crippen molar-refractivity contribution >= 4 is 17.5 Å². The molecule has 98 valence electrons. The predicted octanol–water partition coefficient (Wildman–Crippen LogP) is 1.90. The minimum Gasteiger partial charge on any atom is -0.352 e. The van der Waals surface area contributed by atoms with Gasteiger partial charge < -0.3 is 10.3 Å². The van der Waals surface area contributed by atoms with Gasteiger partial charge in [0.05, 0.1) is 5.56 Å². The molecule has 18 heavy (non-hydrogen) atoms. The van der Waals surface area contributed by atoms with Gasteiger partial charge in [-0.1, -0.05) is 12.8 Å². The predicted molar refractivity (Wildman–Crippen MR) is 71.0 cm³/mol. The van der Waals surface area contributed by atoms with Crippen molar-refractivity contribution in [3.05, 3.63) is 34.2 Å². The molecule has 1 aromatic heterocycles. The molecule has 1 aliphatic carbocycles. The highest BCUT2D eigenvalue weighted by Gasteiger charge is 2.23. The number of carbonyl (C=O) groups is 1. The molecule has 0 radical (unpaired) electrons. The van der Waals surface area contributed by atoms with Gasteiger partial charge in [-0.3, -0.25) is 9.59 Å². The number of pyridine rings is 1. The zero-order chi connectivity index (χ0) is 13.0. The third-order valence-electron chi connectivity index (χ3n) is 3.39. The highest BCUT2D eigenvalue weighted by molar-refractivity contribution is 6.20. The number of hydrogen-bond donors (Lipinski definition) is 2. The first-order chi connectivity index (χ1) is 8.66. The third-order valence-corrected chi connectivity index (χ3v) is 3.96. The maximum absolute atomic E-state index is 11.8. The lowest BCUT2D eigenvalue weighted by atomic mass is 9.88. The van der Waals surface area contributed by atoms with Gasteiger partial charge >= 0.3 is 0 Å². The summed E-state index contributed by atoms with van der Waals surface area (Å²) in [7, 11) is 0. The van der Waals surface area contributed by atoms with Crippen molar-refractivity contribution in [1.29, 1.82) is 0 Å². The van der Waals surface area contributed by atoms with Crippen molar-refractivity contribution < 1.29 is 4.79 Å². The van der Waals surface area contributed by atoms with Crippen molar-refractivity contribution in [2.75, 3.05) is 6.54 Å². The quantitative estimate of drug-likeness (QED) is 0.823. The molecule has 2 atom stereocenters. The molecular formula is C13H17ClN2O2. The standard InChI is InChI=1S/C13H17ClN2O2/c14-11-4-2-1-3-9(11)7-16-13(18)10-5-6-12(17)15-8-10/h5-6,8-9,11H,1-4,7H2,(H,15,17)(H,16,18). The molecule has 0 saturated heterocycles. The number of amides is 1. The van der Waals surface area contributed by atoms with E-state index in [1.54, 1.807) is 0 Å². The minimum atomic E-state index is -0.209. The number of nitrogens with one attached hydrogen (secondary N) is 2. The Labute approximate surface area is 111 Å². The van der Waals surface area contributed by atoms with E-state index in [0.29, 0.717) is 18.0 Å². The molecule has 1 amide bonds. The molecule has 5 heteroatoms. The number of halogens is 1. The first-order valence-corrected chi connectivity index (χ1v) is 6.71. The van der Waals surface area contributed by atoms with Crippen molar-refractivity contribution in [3.8, 4) is 0 Å². The van der Waals surface area contributed by atoms with Crippen LogP contribution in [0.3, 0.4) is 0 Å². The maximum atomic E-state index is 11.8. The molecule has 2 unspecified atom stereocenters. The highest BCUT2D eigenvalue weighted by atomic mass is 35.5. The van der Waals surface area contributed by atoms with Crippen LogP contribution in [0.2, 0.25) is 0 Å². The monoisotopic (exact) mass is 268 g/mol. The molecule has 1 saturated carbocycles. The van der Waals surface area contributed by atoms with Crippen LogP contribution < -0.4 is 10.9 Å². The molecular weight excluding hydrogens is 252 g/mol. The van der Waals surface area contributed by atoms with Gasteiger partial charge in [-0.15, -0.1) is 11.6 Å². The Morgan fingerprint density at radius 1 is 1.39 bits per heavy atom. The van der Waals surface area contributed by atoms with E-state index >= 15 is 0 Å². The van der Waals surface area contributed by atoms with E-state index in [1.165, 1.54) is 31.2 Å². The van der Waals surface area contributed by atoms with Crippen LogP contribution in [0.4, 0.5) is 0 Å². The van der Waals surface area contributed by atoms with E-state index in [0.717, 1.165) is 12.8 Å². The van der Waals surface area contributed by atoms with Crippen LogP contribution >= 0.6 is 11.6 Å². The summed E-state index contributed by atoms with van der Waals surface area (Å²) in [5.41, 5.74) is 0.260. The Kier molecular flexibility index (Phi) is 4.42. The molecule has 1 fully saturated rings. The Balaban J connectivity index is 1.87. The van der Waals surface area contributed by atoms with Gasteiger partial charge in [0.2, 0.25) is 5.56 Å². The average Bonchev–Trinajstić information content (AvgIpc) is 2.38. The van der Waals surface area contributed by atoms with Gasteiger partial charge in [-0.2, -0.15) is 0 Å². The average molecular weight is 269 g/mol. The normalized spacial score (nSPS) is 23.6. The lowest BCUT2D eigenvalue weighted by molar-refractivity contribution is 0.0943. The number of aromatic nitrogens is 1. The maximum Gasteiger partial charge on any atom is 0.252 e. The second-order valence-corrected chi connectivity index (χ2v) is 5.27. The molecule has 1 aliphatic rings. The SMILES string of the molecule is O=C(NCC1CCCCC1Cl)c1ccc(=O)[nH]c1. The summed E-state index contributed by atoms with van der Waals surface area (Å²) in [6, 6.07) is 2.87. The van der Waals surface area contributed by atoms with E-state index < -0.39 is 0 Å². The fourth-order valence-electron chi connectivity index (χ4n) is 2.27. The minimum absolute atomic E-state index is 0.162. The summed E-state index contributed by atoms with van der Waals surface area (Å²) in [5.74, 6) is 0.188. The fraction of sp³-hybridized carbons (Fsp3) is 0.538. The van der Waals surface area contributed by atoms with Crippen molar-refractivity contribution in [2.24, 2.45) is 5.92 Å². The fourth-order valence-corrected chi connectivity index (χ4v) is 2.64. The van der Waals surface area contributed by atoms with E-state index in [2.05, 4.69) is 10.3 Å². The lowest BCUT2D eigenvalue weighted by Gasteiger charge is -2.27. The van der Waals surface area contributed by atoms with Crippen molar-refractivity contribution in [1.82, 2.24) is 10.3 Å². The summed E-state index contributed by atoms with van der Waals surface area (Å²) in [6.45, 7) is 0.603.